The van der Waals surface area contributed by atoms with E-state index in [0.29, 0.717) is 16.9 Å². The molecule has 118 valence electrons. The van der Waals surface area contributed by atoms with Gasteiger partial charge in [-0.25, -0.2) is 4.98 Å². The number of anilines is 1. The number of nitrogen functional groups attached to an aromatic ring is 1. The van der Waals surface area contributed by atoms with Gasteiger partial charge in [-0.3, -0.25) is 4.90 Å². The molecule has 6 heteroatoms. The Kier molecular flexibility index (Phi) is 5.81. The van der Waals surface area contributed by atoms with Crippen LogP contribution in [-0.2, 0) is 4.74 Å². The Morgan fingerprint density at radius 3 is 3.00 bits per heavy atom. The fraction of sp³-hybridized carbons (Fsp3) is 0.667. The number of nitrogens with one attached hydrogen (secondary N) is 1. The van der Waals surface area contributed by atoms with Gasteiger partial charge in [0, 0.05) is 30.9 Å². The van der Waals surface area contributed by atoms with E-state index in [1.165, 1.54) is 0 Å². The van der Waals surface area contributed by atoms with E-state index in [-0.39, 0.29) is 12.1 Å². The van der Waals surface area contributed by atoms with Crippen LogP contribution in [0.2, 0.25) is 5.02 Å². The lowest BCUT2D eigenvalue weighted by molar-refractivity contribution is -0.0558. The number of hydrogen-bond donors (Lipinski definition) is 2. The van der Waals surface area contributed by atoms with Crippen molar-refractivity contribution in [3.63, 3.8) is 0 Å². The highest BCUT2D eigenvalue weighted by molar-refractivity contribution is 6.30. The number of ether oxygens (including phenoxy) is 1. The zero-order valence-corrected chi connectivity index (χ0v) is 13.7. The molecule has 5 nitrogen and oxygen atoms in total. The first kappa shape index (κ1) is 16.5. The minimum atomic E-state index is 0.00255. The van der Waals surface area contributed by atoms with Crippen LogP contribution in [0.25, 0.3) is 0 Å². The quantitative estimate of drug-likeness (QED) is 0.871. The Morgan fingerprint density at radius 1 is 1.57 bits per heavy atom. The molecule has 2 rings (SSSR count). The summed E-state index contributed by atoms with van der Waals surface area (Å²) in [4.78, 5) is 6.59. The van der Waals surface area contributed by atoms with E-state index in [1.807, 2.05) is 6.07 Å². The number of likely N-dealkylation sites (N-methyl/N-ethyl adjacent to an activating group) is 1. The van der Waals surface area contributed by atoms with Crippen LogP contribution in [0, 0.1) is 0 Å². The summed E-state index contributed by atoms with van der Waals surface area (Å²) in [5, 5.41) is 4.06. The summed E-state index contributed by atoms with van der Waals surface area (Å²) < 4.78 is 5.99. The Labute approximate surface area is 131 Å². The first-order valence-corrected chi connectivity index (χ1v) is 7.90. The first-order valence-electron chi connectivity index (χ1n) is 7.52. The summed E-state index contributed by atoms with van der Waals surface area (Å²) in [5.74, 6) is 0.510. The second-order valence-corrected chi connectivity index (χ2v) is 6.10. The molecule has 0 bridgehead atoms. The highest BCUT2D eigenvalue weighted by Crippen LogP contribution is 2.28. The number of halogens is 1. The van der Waals surface area contributed by atoms with E-state index in [2.05, 4.69) is 36.0 Å². The van der Waals surface area contributed by atoms with Gasteiger partial charge in [0.1, 0.15) is 5.82 Å². The van der Waals surface area contributed by atoms with E-state index in [0.717, 1.165) is 31.8 Å². The summed E-state index contributed by atoms with van der Waals surface area (Å²) in [6.45, 7) is 9.90. The Hall–Kier alpha value is -0.880. The van der Waals surface area contributed by atoms with Gasteiger partial charge in [0.05, 0.1) is 23.8 Å². The van der Waals surface area contributed by atoms with Gasteiger partial charge in [-0.1, -0.05) is 18.5 Å². The zero-order chi connectivity index (χ0) is 15.4. The van der Waals surface area contributed by atoms with Gasteiger partial charge in [-0.05, 0) is 26.5 Å². The molecule has 1 fully saturated rings. The van der Waals surface area contributed by atoms with Gasteiger partial charge in [-0.2, -0.15) is 0 Å². The van der Waals surface area contributed by atoms with E-state index < -0.39 is 0 Å². The zero-order valence-electron chi connectivity index (χ0n) is 13.0. The van der Waals surface area contributed by atoms with Crippen LogP contribution in [0.5, 0.6) is 0 Å². The molecule has 0 radical (unpaired) electrons. The van der Waals surface area contributed by atoms with Gasteiger partial charge < -0.3 is 15.8 Å². The standard InChI is InChI=1S/C15H25ClN4O/c1-4-18-14(12-7-11(16)8-19-15(12)17)13-9-20(10(2)3)5-6-21-13/h7-8,10,13-14,18H,4-6,9H2,1-3H3,(H2,17,19). The molecule has 1 aliphatic rings. The number of morpholine rings is 1. The maximum Gasteiger partial charge on any atom is 0.128 e. The van der Waals surface area contributed by atoms with Gasteiger partial charge in [0.2, 0.25) is 0 Å². The van der Waals surface area contributed by atoms with Crippen molar-refractivity contribution in [3.05, 3.63) is 22.8 Å². The lowest BCUT2D eigenvalue weighted by Crippen LogP contribution is -2.50. The second-order valence-electron chi connectivity index (χ2n) is 5.66. The molecule has 1 aliphatic heterocycles. The topological polar surface area (TPSA) is 63.4 Å². The van der Waals surface area contributed by atoms with Crippen molar-refractivity contribution in [2.75, 3.05) is 32.0 Å². The Morgan fingerprint density at radius 2 is 2.33 bits per heavy atom. The molecular weight excluding hydrogens is 288 g/mol. The molecule has 3 N–H and O–H groups in total. The molecule has 0 saturated carbocycles. The fourth-order valence-corrected chi connectivity index (χ4v) is 2.91. The van der Waals surface area contributed by atoms with Gasteiger partial charge in [0.15, 0.2) is 0 Å². The SMILES string of the molecule is CCNC(c1cc(Cl)cnc1N)C1CN(C(C)C)CCO1. The smallest absolute Gasteiger partial charge is 0.128 e. The lowest BCUT2D eigenvalue weighted by Gasteiger charge is -2.39. The van der Waals surface area contributed by atoms with E-state index in [4.69, 9.17) is 22.1 Å². The maximum atomic E-state index is 6.08. The number of pyridine rings is 1. The predicted octanol–water partition coefficient (Wildman–Crippen LogP) is 2.08. The largest absolute Gasteiger partial charge is 0.383 e. The number of hydrogen-bond acceptors (Lipinski definition) is 5. The summed E-state index contributed by atoms with van der Waals surface area (Å²) in [6.07, 6.45) is 1.62. The van der Waals surface area contributed by atoms with Crippen LogP contribution in [0.3, 0.4) is 0 Å². The van der Waals surface area contributed by atoms with Gasteiger partial charge >= 0.3 is 0 Å². The maximum absolute atomic E-state index is 6.08. The normalized spacial score (nSPS) is 21.7. The molecule has 1 aromatic heterocycles. The van der Waals surface area contributed by atoms with Crippen LogP contribution in [-0.4, -0.2) is 48.3 Å². The summed E-state index contributed by atoms with van der Waals surface area (Å²) in [7, 11) is 0. The fourth-order valence-electron chi connectivity index (χ4n) is 2.74. The molecule has 0 spiro atoms. The Bertz CT molecular complexity index is 469. The van der Waals surface area contributed by atoms with Crippen LogP contribution in [0.15, 0.2) is 12.3 Å². The second kappa shape index (κ2) is 7.40. The van der Waals surface area contributed by atoms with Gasteiger partial charge in [-0.15, -0.1) is 0 Å². The van der Waals surface area contributed by atoms with Crippen LogP contribution in [0.1, 0.15) is 32.4 Å². The monoisotopic (exact) mass is 312 g/mol. The Balaban J connectivity index is 2.23. The molecule has 2 unspecified atom stereocenters. The predicted molar refractivity (Wildman–Crippen MR) is 86.5 cm³/mol. The van der Waals surface area contributed by atoms with Gasteiger partial charge in [0.25, 0.3) is 0 Å². The third-order valence-corrected chi connectivity index (χ3v) is 4.11. The number of rotatable bonds is 5. The third-order valence-electron chi connectivity index (χ3n) is 3.90. The van der Waals surface area contributed by atoms with Crippen LogP contribution < -0.4 is 11.1 Å². The van der Waals surface area contributed by atoms with Crippen LogP contribution >= 0.6 is 11.6 Å². The van der Waals surface area contributed by atoms with Crippen molar-refractivity contribution < 1.29 is 4.74 Å². The van der Waals surface area contributed by atoms with E-state index >= 15 is 0 Å². The number of nitrogens with zero attached hydrogens (tertiary/aromatic N) is 2. The summed E-state index contributed by atoms with van der Waals surface area (Å²) >= 11 is 6.08. The minimum Gasteiger partial charge on any atom is -0.383 e. The summed E-state index contributed by atoms with van der Waals surface area (Å²) in [5.41, 5.74) is 6.96. The third kappa shape index (κ3) is 4.07. The van der Waals surface area contributed by atoms with E-state index in [1.54, 1.807) is 6.20 Å². The van der Waals surface area contributed by atoms with Crippen molar-refractivity contribution in [2.24, 2.45) is 0 Å². The summed E-state index contributed by atoms with van der Waals surface area (Å²) in [6, 6.07) is 2.39. The average Bonchev–Trinajstić information content (AvgIpc) is 2.47. The van der Waals surface area contributed by atoms with Crippen molar-refractivity contribution in [3.8, 4) is 0 Å². The number of nitrogens with two attached hydrogens (primary N) is 1. The molecule has 0 aromatic carbocycles. The van der Waals surface area contributed by atoms with Crippen molar-refractivity contribution in [1.82, 2.24) is 15.2 Å². The molecule has 1 saturated heterocycles. The average molecular weight is 313 g/mol. The molecule has 0 aliphatic carbocycles. The molecule has 0 amide bonds. The lowest BCUT2D eigenvalue weighted by atomic mass is 10.00. The van der Waals surface area contributed by atoms with Crippen molar-refractivity contribution in [2.45, 2.75) is 39.0 Å². The molecule has 2 atom stereocenters. The highest BCUT2D eigenvalue weighted by Gasteiger charge is 2.31. The molecule has 1 aromatic rings. The first-order chi connectivity index (χ1) is 10.0. The van der Waals surface area contributed by atoms with E-state index in [9.17, 15) is 0 Å². The molecular formula is C15H25ClN4O. The number of aromatic nitrogens is 1. The minimum absolute atomic E-state index is 0.00255. The molecule has 2 heterocycles. The van der Waals surface area contributed by atoms with Crippen molar-refractivity contribution in [1.29, 1.82) is 0 Å². The highest BCUT2D eigenvalue weighted by atomic mass is 35.5. The van der Waals surface area contributed by atoms with Crippen molar-refractivity contribution >= 4 is 17.4 Å². The van der Waals surface area contributed by atoms with Crippen LogP contribution in [0.4, 0.5) is 5.82 Å². The molecule has 21 heavy (non-hydrogen) atoms.